The third-order valence-corrected chi connectivity index (χ3v) is 4.66. The van der Waals surface area contributed by atoms with E-state index in [0.29, 0.717) is 6.54 Å². The topological polar surface area (TPSA) is 46.1 Å². The van der Waals surface area contributed by atoms with E-state index in [2.05, 4.69) is 35.4 Å². The Balaban J connectivity index is 2.41. The summed E-state index contributed by atoms with van der Waals surface area (Å²) in [6, 6.07) is 0. The highest BCUT2D eigenvalue weighted by molar-refractivity contribution is 5.66. The van der Waals surface area contributed by atoms with Crippen LogP contribution in [-0.2, 0) is 24.3 Å². The van der Waals surface area contributed by atoms with Crippen LogP contribution in [0.1, 0.15) is 90.3 Å². The van der Waals surface area contributed by atoms with Crippen LogP contribution in [0.3, 0.4) is 0 Å². The summed E-state index contributed by atoms with van der Waals surface area (Å²) in [4.78, 5) is 10.8. The van der Waals surface area contributed by atoms with Gasteiger partial charge in [-0.25, -0.2) is 9.13 Å². The van der Waals surface area contributed by atoms with Gasteiger partial charge in [0, 0.05) is 6.42 Å². The zero-order chi connectivity index (χ0) is 17.6. The van der Waals surface area contributed by atoms with E-state index in [4.69, 9.17) is 5.11 Å². The monoisotopic (exact) mass is 337 g/mol. The quantitative estimate of drug-likeness (QED) is 0.371. The van der Waals surface area contributed by atoms with Crippen LogP contribution in [0.4, 0.5) is 0 Å². The molecule has 0 spiro atoms. The van der Waals surface area contributed by atoms with Crippen molar-refractivity contribution in [1.82, 2.24) is 4.57 Å². The lowest BCUT2D eigenvalue weighted by atomic mass is 10.1. The molecule has 1 aromatic rings. The molecule has 1 heterocycles. The van der Waals surface area contributed by atoms with Gasteiger partial charge in [0.1, 0.15) is 18.9 Å². The maximum absolute atomic E-state index is 10.8. The average Bonchev–Trinajstić information content (AvgIpc) is 2.95. The summed E-state index contributed by atoms with van der Waals surface area (Å²) in [5, 5.41) is 8.93. The SMILES string of the molecule is CCCCCCCCCCc1n(CCC(=O)O)cc[n+]1CCCC. The van der Waals surface area contributed by atoms with Crippen molar-refractivity contribution in [3.05, 3.63) is 18.2 Å². The number of hydrogen-bond acceptors (Lipinski definition) is 1. The van der Waals surface area contributed by atoms with E-state index in [0.717, 1.165) is 13.0 Å². The standard InChI is InChI=1S/C20H36N2O2/c1-3-5-7-8-9-10-11-12-13-19-21(15-6-4-2)17-18-22(19)16-14-20(23)24/h17-18H,3-16H2,1-2H3/p+1. The van der Waals surface area contributed by atoms with Gasteiger partial charge in [-0.3, -0.25) is 4.79 Å². The molecule has 0 radical (unpaired) electrons. The minimum Gasteiger partial charge on any atom is -0.481 e. The minimum atomic E-state index is -0.721. The van der Waals surface area contributed by atoms with Crippen molar-refractivity contribution in [3.8, 4) is 0 Å². The largest absolute Gasteiger partial charge is 0.481 e. The lowest BCUT2D eigenvalue weighted by molar-refractivity contribution is -0.704. The number of aromatic nitrogens is 2. The third kappa shape index (κ3) is 8.51. The molecule has 0 aliphatic rings. The Morgan fingerprint density at radius 1 is 1.00 bits per heavy atom. The van der Waals surface area contributed by atoms with Crippen molar-refractivity contribution in [2.45, 2.75) is 104 Å². The first-order valence-corrected chi connectivity index (χ1v) is 9.98. The number of carbonyl (C=O) groups is 1. The Kier molecular flexibility index (Phi) is 11.2. The van der Waals surface area contributed by atoms with Gasteiger partial charge < -0.3 is 5.11 Å². The van der Waals surface area contributed by atoms with Crippen molar-refractivity contribution in [3.63, 3.8) is 0 Å². The number of hydrogen-bond donors (Lipinski definition) is 1. The number of aryl methyl sites for hydroxylation is 2. The van der Waals surface area contributed by atoms with Crippen LogP contribution in [0.2, 0.25) is 0 Å². The molecule has 4 nitrogen and oxygen atoms in total. The summed E-state index contributed by atoms with van der Waals surface area (Å²) >= 11 is 0. The number of aliphatic carboxylic acids is 1. The molecule has 0 bridgehead atoms. The molecule has 0 atom stereocenters. The molecule has 0 saturated heterocycles. The lowest BCUT2D eigenvalue weighted by Gasteiger charge is -2.05. The first-order chi connectivity index (χ1) is 11.7. The smallest absolute Gasteiger partial charge is 0.307 e. The first kappa shape index (κ1) is 20.7. The Morgan fingerprint density at radius 3 is 2.25 bits per heavy atom. The normalized spacial score (nSPS) is 11.1. The van der Waals surface area contributed by atoms with Crippen LogP contribution in [0.5, 0.6) is 0 Å². The van der Waals surface area contributed by atoms with Gasteiger partial charge in [-0.05, 0) is 12.8 Å². The fourth-order valence-electron chi connectivity index (χ4n) is 3.15. The molecule has 0 aliphatic heterocycles. The molecule has 1 aromatic heterocycles. The van der Waals surface area contributed by atoms with E-state index in [-0.39, 0.29) is 6.42 Å². The Labute approximate surface area is 147 Å². The predicted octanol–water partition coefficient (Wildman–Crippen LogP) is 4.73. The third-order valence-electron chi connectivity index (χ3n) is 4.66. The zero-order valence-electron chi connectivity index (χ0n) is 15.8. The van der Waals surface area contributed by atoms with Crippen LogP contribution in [0, 0.1) is 0 Å². The molecule has 1 N–H and O–H groups in total. The van der Waals surface area contributed by atoms with Crippen LogP contribution < -0.4 is 4.57 Å². The number of imidazole rings is 1. The second kappa shape index (κ2) is 13.0. The van der Waals surface area contributed by atoms with Gasteiger partial charge in [0.15, 0.2) is 0 Å². The molecule has 1 rings (SSSR count). The number of rotatable bonds is 15. The molecule has 0 aromatic carbocycles. The summed E-state index contributed by atoms with van der Waals surface area (Å²) in [5.74, 6) is 0.581. The van der Waals surface area contributed by atoms with E-state index in [9.17, 15) is 4.79 Å². The zero-order valence-corrected chi connectivity index (χ0v) is 15.8. The van der Waals surface area contributed by atoms with E-state index in [1.807, 2.05) is 0 Å². The van der Waals surface area contributed by atoms with Crippen molar-refractivity contribution in [2.75, 3.05) is 0 Å². The van der Waals surface area contributed by atoms with Crippen LogP contribution >= 0.6 is 0 Å². The maximum Gasteiger partial charge on any atom is 0.307 e. The van der Waals surface area contributed by atoms with Gasteiger partial charge in [0.05, 0.1) is 13.0 Å². The number of unbranched alkanes of at least 4 members (excludes halogenated alkanes) is 8. The molecule has 0 unspecified atom stereocenters. The summed E-state index contributed by atoms with van der Waals surface area (Å²) in [5.41, 5.74) is 0. The second-order valence-electron chi connectivity index (χ2n) is 6.82. The van der Waals surface area contributed by atoms with Gasteiger partial charge in [0.2, 0.25) is 0 Å². The fourth-order valence-corrected chi connectivity index (χ4v) is 3.15. The molecule has 138 valence electrons. The molecule has 0 saturated carbocycles. The molecule has 24 heavy (non-hydrogen) atoms. The van der Waals surface area contributed by atoms with Gasteiger partial charge >= 0.3 is 5.97 Å². The molecule has 0 amide bonds. The Hall–Kier alpha value is -1.32. The molecule has 0 fully saturated rings. The molecular formula is C20H37N2O2+. The number of nitrogens with zero attached hydrogens (tertiary/aromatic N) is 2. The Bertz CT molecular complexity index is 454. The lowest BCUT2D eigenvalue weighted by Crippen LogP contribution is -2.37. The van der Waals surface area contributed by atoms with Crippen molar-refractivity contribution < 1.29 is 14.5 Å². The summed E-state index contributed by atoms with van der Waals surface area (Å²) in [6.07, 6.45) is 18.4. The maximum atomic E-state index is 10.8. The van der Waals surface area contributed by atoms with Crippen LogP contribution in [-0.4, -0.2) is 15.6 Å². The first-order valence-electron chi connectivity index (χ1n) is 9.98. The van der Waals surface area contributed by atoms with Crippen LogP contribution in [0.15, 0.2) is 12.4 Å². The Morgan fingerprint density at radius 2 is 1.62 bits per heavy atom. The highest BCUT2D eigenvalue weighted by Gasteiger charge is 2.17. The summed E-state index contributed by atoms with van der Waals surface area (Å²) < 4.78 is 4.47. The van der Waals surface area contributed by atoms with Crippen molar-refractivity contribution in [2.24, 2.45) is 0 Å². The molecule has 0 aliphatic carbocycles. The van der Waals surface area contributed by atoms with Gasteiger partial charge in [-0.15, -0.1) is 0 Å². The van der Waals surface area contributed by atoms with E-state index in [1.165, 1.54) is 70.0 Å². The fraction of sp³-hybridized carbons (Fsp3) is 0.800. The predicted molar refractivity (Wildman–Crippen MR) is 98.1 cm³/mol. The summed E-state index contributed by atoms with van der Waals surface area (Å²) in [6.45, 7) is 6.09. The molecule has 4 heteroatoms. The van der Waals surface area contributed by atoms with E-state index in [1.54, 1.807) is 0 Å². The van der Waals surface area contributed by atoms with Gasteiger partial charge in [0.25, 0.3) is 5.82 Å². The van der Waals surface area contributed by atoms with Crippen molar-refractivity contribution >= 4 is 5.97 Å². The second-order valence-corrected chi connectivity index (χ2v) is 6.82. The van der Waals surface area contributed by atoms with Gasteiger partial charge in [-0.2, -0.15) is 0 Å². The minimum absolute atomic E-state index is 0.201. The average molecular weight is 338 g/mol. The number of carboxylic acids is 1. The molecular weight excluding hydrogens is 300 g/mol. The van der Waals surface area contributed by atoms with Crippen molar-refractivity contribution in [1.29, 1.82) is 0 Å². The van der Waals surface area contributed by atoms with E-state index < -0.39 is 5.97 Å². The summed E-state index contributed by atoms with van der Waals surface area (Å²) in [7, 11) is 0. The van der Waals surface area contributed by atoms with Crippen LogP contribution in [0.25, 0.3) is 0 Å². The highest BCUT2D eigenvalue weighted by Crippen LogP contribution is 2.11. The van der Waals surface area contributed by atoms with Gasteiger partial charge in [-0.1, -0.05) is 65.2 Å². The highest BCUT2D eigenvalue weighted by atomic mass is 16.4. The van der Waals surface area contributed by atoms with E-state index >= 15 is 0 Å². The number of carboxylic acid groups (broad SMARTS) is 1.